The molecule has 0 saturated heterocycles. The number of benzene rings is 1. The molecule has 5 heteroatoms. The molecule has 0 aliphatic rings. The highest BCUT2D eigenvalue weighted by molar-refractivity contribution is 5.89. The van der Waals surface area contributed by atoms with Gasteiger partial charge in [0.15, 0.2) is 0 Å². The van der Waals surface area contributed by atoms with E-state index in [1.54, 1.807) is 31.0 Å². The number of nitrogens with zero attached hydrogens (tertiary/aromatic N) is 2. The van der Waals surface area contributed by atoms with Gasteiger partial charge in [-0.05, 0) is 31.2 Å². The zero-order valence-corrected chi connectivity index (χ0v) is 11.6. The maximum Gasteiger partial charge on any atom is 0.338 e. The number of anilines is 1. The fourth-order valence-corrected chi connectivity index (χ4v) is 1.56. The van der Waals surface area contributed by atoms with Crippen LogP contribution < -0.4 is 4.90 Å². The molecule has 0 aromatic heterocycles. The predicted molar refractivity (Wildman–Crippen MR) is 74.4 cm³/mol. The maximum absolute atomic E-state index is 11.5. The van der Waals surface area contributed by atoms with Gasteiger partial charge in [-0.15, -0.1) is 0 Å². The number of carbonyl (C=O) groups excluding carboxylic acids is 2. The van der Waals surface area contributed by atoms with Crippen molar-refractivity contribution in [3.05, 3.63) is 29.8 Å². The molecule has 1 aromatic rings. The highest BCUT2D eigenvalue weighted by atomic mass is 16.5. The van der Waals surface area contributed by atoms with Crippen molar-refractivity contribution in [1.29, 1.82) is 0 Å². The first-order chi connectivity index (χ1) is 9.08. The Bertz CT molecular complexity index is 417. The zero-order valence-electron chi connectivity index (χ0n) is 11.6. The summed E-state index contributed by atoms with van der Waals surface area (Å²) in [6.45, 7) is 3.54. The van der Waals surface area contributed by atoms with Crippen LogP contribution in [0.2, 0.25) is 0 Å². The number of carbonyl (C=O) groups is 2. The van der Waals surface area contributed by atoms with Crippen LogP contribution in [0.1, 0.15) is 17.3 Å². The van der Waals surface area contributed by atoms with Crippen LogP contribution in [0.4, 0.5) is 5.69 Å². The molecule has 104 valence electrons. The van der Waals surface area contributed by atoms with Crippen molar-refractivity contribution in [2.75, 3.05) is 38.7 Å². The number of likely N-dealkylation sites (N-methyl/N-ethyl adjacent to an activating group) is 2. The summed E-state index contributed by atoms with van der Waals surface area (Å²) in [4.78, 5) is 25.6. The number of hydrogen-bond donors (Lipinski definition) is 0. The summed E-state index contributed by atoms with van der Waals surface area (Å²) in [5, 5.41) is 0. The summed E-state index contributed by atoms with van der Waals surface area (Å²) in [7, 11) is 3.68. The van der Waals surface area contributed by atoms with Gasteiger partial charge in [0, 0.05) is 32.9 Å². The monoisotopic (exact) mass is 264 g/mol. The van der Waals surface area contributed by atoms with E-state index in [0.717, 1.165) is 18.6 Å². The van der Waals surface area contributed by atoms with Gasteiger partial charge in [-0.1, -0.05) is 0 Å². The predicted octanol–water partition coefficient (Wildman–Crippen LogP) is 1.39. The fourth-order valence-electron chi connectivity index (χ4n) is 1.56. The molecule has 1 amide bonds. The van der Waals surface area contributed by atoms with Crippen LogP contribution >= 0.6 is 0 Å². The molecule has 0 spiro atoms. The molecule has 0 unspecified atom stereocenters. The molecule has 0 fully saturated rings. The number of rotatable bonds is 7. The van der Waals surface area contributed by atoms with Crippen molar-refractivity contribution in [3.63, 3.8) is 0 Å². The van der Waals surface area contributed by atoms with Crippen molar-refractivity contribution < 1.29 is 14.3 Å². The molecule has 19 heavy (non-hydrogen) atoms. The van der Waals surface area contributed by atoms with Crippen LogP contribution in [0.15, 0.2) is 24.3 Å². The summed E-state index contributed by atoms with van der Waals surface area (Å²) < 4.78 is 4.92. The van der Waals surface area contributed by atoms with Crippen LogP contribution in [0.3, 0.4) is 0 Å². The SMILES string of the molecule is CCOC(=O)c1ccc(N(C)CCN(C)C=O)cc1. The third kappa shape index (κ3) is 4.62. The third-order valence-electron chi connectivity index (χ3n) is 2.79. The molecule has 0 atom stereocenters. The standard InChI is InChI=1S/C14H20N2O3/c1-4-19-14(18)12-5-7-13(8-6-12)16(3)10-9-15(2)11-17/h5-8,11H,4,9-10H2,1-3H3. The van der Waals surface area contributed by atoms with Gasteiger partial charge in [-0.2, -0.15) is 0 Å². The molecule has 0 aliphatic heterocycles. The first-order valence-corrected chi connectivity index (χ1v) is 6.22. The molecular weight excluding hydrogens is 244 g/mol. The van der Waals surface area contributed by atoms with Crippen molar-refractivity contribution in [3.8, 4) is 0 Å². The van der Waals surface area contributed by atoms with Crippen molar-refractivity contribution in [2.24, 2.45) is 0 Å². The Labute approximate surface area is 113 Å². The Morgan fingerprint density at radius 1 is 1.21 bits per heavy atom. The number of hydrogen-bond acceptors (Lipinski definition) is 4. The smallest absolute Gasteiger partial charge is 0.338 e. The van der Waals surface area contributed by atoms with Gasteiger partial charge in [-0.3, -0.25) is 4.79 Å². The van der Waals surface area contributed by atoms with E-state index in [2.05, 4.69) is 0 Å². The summed E-state index contributed by atoms with van der Waals surface area (Å²) in [5.74, 6) is -0.308. The van der Waals surface area contributed by atoms with Crippen LogP contribution in [0, 0.1) is 0 Å². The van der Waals surface area contributed by atoms with Crippen molar-refractivity contribution >= 4 is 18.1 Å². The van der Waals surface area contributed by atoms with Gasteiger partial charge in [0.1, 0.15) is 0 Å². The van der Waals surface area contributed by atoms with E-state index < -0.39 is 0 Å². The lowest BCUT2D eigenvalue weighted by atomic mass is 10.2. The second-order valence-corrected chi connectivity index (χ2v) is 4.27. The number of ether oxygens (including phenoxy) is 1. The quantitative estimate of drug-likeness (QED) is 0.551. The Balaban J connectivity index is 2.60. The van der Waals surface area contributed by atoms with Crippen molar-refractivity contribution in [1.82, 2.24) is 4.90 Å². The van der Waals surface area contributed by atoms with Crippen LogP contribution in [-0.2, 0) is 9.53 Å². The molecule has 5 nitrogen and oxygen atoms in total. The minimum absolute atomic E-state index is 0.308. The minimum atomic E-state index is -0.308. The van der Waals surface area contributed by atoms with Crippen LogP contribution in [0.5, 0.6) is 0 Å². The van der Waals surface area contributed by atoms with Gasteiger partial charge in [0.25, 0.3) is 0 Å². The molecule has 0 heterocycles. The highest BCUT2D eigenvalue weighted by Gasteiger charge is 2.07. The molecule has 0 bridgehead atoms. The normalized spacial score (nSPS) is 9.84. The minimum Gasteiger partial charge on any atom is -0.462 e. The molecule has 1 aromatic carbocycles. The van der Waals surface area contributed by atoms with Crippen LogP contribution in [0.25, 0.3) is 0 Å². The average molecular weight is 264 g/mol. The van der Waals surface area contributed by atoms with E-state index in [1.807, 2.05) is 24.1 Å². The van der Waals surface area contributed by atoms with Crippen molar-refractivity contribution in [2.45, 2.75) is 6.92 Å². The topological polar surface area (TPSA) is 49.9 Å². The van der Waals surface area contributed by atoms with Gasteiger partial charge in [0.05, 0.1) is 12.2 Å². The molecule has 0 N–H and O–H groups in total. The molecule has 0 aliphatic carbocycles. The lowest BCUT2D eigenvalue weighted by Gasteiger charge is -2.21. The fraction of sp³-hybridized carbons (Fsp3) is 0.429. The highest BCUT2D eigenvalue weighted by Crippen LogP contribution is 2.14. The lowest BCUT2D eigenvalue weighted by molar-refractivity contribution is -0.116. The lowest BCUT2D eigenvalue weighted by Crippen LogP contribution is -2.29. The molecule has 1 rings (SSSR count). The zero-order chi connectivity index (χ0) is 14.3. The van der Waals surface area contributed by atoms with E-state index in [9.17, 15) is 9.59 Å². The molecule has 0 radical (unpaired) electrons. The Morgan fingerprint density at radius 2 is 1.84 bits per heavy atom. The Hall–Kier alpha value is -2.04. The number of amides is 1. The maximum atomic E-state index is 11.5. The van der Waals surface area contributed by atoms with Gasteiger partial charge >= 0.3 is 5.97 Å². The first kappa shape index (κ1) is 15.0. The first-order valence-electron chi connectivity index (χ1n) is 6.22. The van der Waals surface area contributed by atoms with E-state index in [4.69, 9.17) is 4.74 Å². The van der Waals surface area contributed by atoms with Crippen LogP contribution in [-0.4, -0.2) is 51.1 Å². The van der Waals surface area contributed by atoms with E-state index >= 15 is 0 Å². The third-order valence-corrected chi connectivity index (χ3v) is 2.79. The summed E-state index contributed by atoms with van der Waals surface area (Å²) in [6.07, 6.45) is 0.803. The van der Waals surface area contributed by atoms with Gasteiger partial charge in [-0.25, -0.2) is 4.79 Å². The molecule has 0 saturated carbocycles. The second-order valence-electron chi connectivity index (χ2n) is 4.27. The summed E-state index contributed by atoms with van der Waals surface area (Å²) >= 11 is 0. The summed E-state index contributed by atoms with van der Waals surface area (Å²) in [6, 6.07) is 7.22. The second kappa shape index (κ2) is 7.41. The van der Waals surface area contributed by atoms with E-state index in [1.165, 1.54) is 0 Å². The average Bonchev–Trinajstić information content (AvgIpc) is 2.44. The summed E-state index contributed by atoms with van der Waals surface area (Å²) in [5.41, 5.74) is 1.54. The number of esters is 1. The van der Waals surface area contributed by atoms with E-state index in [0.29, 0.717) is 18.7 Å². The Morgan fingerprint density at radius 3 is 2.37 bits per heavy atom. The van der Waals surface area contributed by atoms with E-state index in [-0.39, 0.29) is 5.97 Å². The molecular formula is C14H20N2O3. The Kier molecular flexibility index (Phi) is 5.85. The van der Waals surface area contributed by atoms with Gasteiger partial charge < -0.3 is 14.5 Å². The van der Waals surface area contributed by atoms with Gasteiger partial charge in [0.2, 0.25) is 6.41 Å². The largest absolute Gasteiger partial charge is 0.462 e.